The molecule has 0 aliphatic rings. The number of nitrogens with one attached hydrogen (secondary N) is 1. The summed E-state index contributed by atoms with van der Waals surface area (Å²) in [7, 11) is 0. The molecule has 6 nitrogen and oxygen atoms in total. The normalized spacial score (nSPS) is 10.5. The van der Waals surface area contributed by atoms with E-state index in [2.05, 4.69) is 24.8 Å². The molecule has 0 saturated carbocycles. The number of pyridine rings is 1. The molecule has 3 rings (SSSR count). The van der Waals surface area contributed by atoms with Crippen LogP contribution in [0.1, 0.15) is 12.0 Å². The molecule has 0 aliphatic carbocycles. The minimum absolute atomic E-state index is 0.646. The summed E-state index contributed by atoms with van der Waals surface area (Å²) < 4.78 is 7.38. The van der Waals surface area contributed by atoms with Crippen LogP contribution in [-0.2, 0) is 13.1 Å². The lowest BCUT2D eigenvalue weighted by Crippen LogP contribution is -2.35. The first-order chi connectivity index (χ1) is 11.8. The second-order valence-electron chi connectivity index (χ2n) is 5.34. The molecule has 0 saturated heterocycles. The standard InChI is InChI=1S/C17H19N5OS/c24-17(20-16-3-1-12-23-16)22(13-15-4-6-18-7-5-15)10-2-9-21-11-8-19-14-21/h1,3-8,11-12,14H,2,9-10,13H2,(H,20,24). The topological polar surface area (TPSA) is 59.1 Å². The van der Waals surface area contributed by atoms with Gasteiger partial charge in [-0.1, -0.05) is 0 Å². The van der Waals surface area contributed by atoms with E-state index in [0.29, 0.717) is 11.0 Å². The number of aromatic nitrogens is 3. The summed E-state index contributed by atoms with van der Waals surface area (Å²) in [5.74, 6) is 0.648. The summed E-state index contributed by atoms with van der Waals surface area (Å²) in [6, 6.07) is 7.68. The number of hydrogen-bond donors (Lipinski definition) is 1. The molecule has 0 aliphatic heterocycles. The number of thiocarbonyl (C=S) groups is 1. The van der Waals surface area contributed by atoms with Gasteiger partial charge in [-0.05, 0) is 42.4 Å². The molecule has 0 amide bonds. The molecule has 0 fully saturated rings. The SMILES string of the molecule is S=C(Nc1ccco1)N(CCCn1ccnc1)Cc1ccncc1. The molecule has 3 aromatic heterocycles. The van der Waals surface area contributed by atoms with Crippen molar-refractivity contribution in [3.8, 4) is 0 Å². The van der Waals surface area contributed by atoms with Crippen molar-refractivity contribution in [1.82, 2.24) is 19.4 Å². The Balaban J connectivity index is 1.61. The zero-order valence-corrected chi connectivity index (χ0v) is 14.0. The maximum absolute atomic E-state index is 5.56. The van der Waals surface area contributed by atoms with Crippen LogP contribution in [0.4, 0.5) is 5.88 Å². The van der Waals surface area contributed by atoms with Gasteiger partial charge in [0.25, 0.3) is 0 Å². The van der Waals surface area contributed by atoms with Gasteiger partial charge in [0.15, 0.2) is 11.0 Å². The summed E-state index contributed by atoms with van der Waals surface area (Å²) in [5, 5.41) is 3.79. The van der Waals surface area contributed by atoms with Gasteiger partial charge < -0.3 is 19.2 Å². The van der Waals surface area contributed by atoms with Crippen LogP contribution in [-0.4, -0.2) is 31.1 Å². The maximum Gasteiger partial charge on any atom is 0.198 e. The van der Waals surface area contributed by atoms with Crippen LogP contribution >= 0.6 is 12.2 Å². The highest BCUT2D eigenvalue weighted by Crippen LogP contribution is 2.11. The van der Waals surface area contributed by atoms with E-state index in [9.17, 15) is 0 Å². The third-order valence-electron chi connectivity index (χ3n) is 3.56. The van der Waals surface area contributed by atoms with E-state index in [0.717, 1.165) is 31.6 Å². The lowest BCUT2D eigenvalue weighted by Gasteiger charge is -2.25. The first-order valence-corrected chi connectivity index (χ1v) is 8.16. The monoisotopic (exact) mass is 341 g/mol. The quantitative estimate of drug-likeness (QED) is 0.666. The lowest BCUT2D eigenvalue weighted by molar-refractivity contribution is 0.395. The molecular weight excluding hydrogens is 322 g/mol. The van der Waals surface area contributed by atoms with Gasteiger partial charge in [-0.15, -0.1) is 0 Å². The minimum Gasteiger partial charge on any atom is -0.449 e. The molecule has 1 N–H and O–H groups in total. The van der Waals surface area contributed by atoms with Gasteiger partial charge in [-0.3, -0.25) is 4.98 Å². The van der Waals surface area contributed by atoms with Gasteiger partial charge in [0.1, 0.15) is 0 Å². The second-order valence-corrected chi connectivity index (χ2v) is 5.73. The third-order valence-corrected chi connectivity index (χ3v) is 3.93. The molecule has 7 heteroatoms. The fraction of sp³-hybridized carbons (Fsp3) is 0.235. The Labute approximate surface area is 146 Å². The van der Waals surface area contributed by atoms with E-state index in [4.69, 9.17) is 16.6 Å². The Morgan fingerprint density at radius 2 is 2.08 bits per heavy atom. The van der Waals surface area contributed by atoms with E-state index in [1.54, 1.807) is 24.9 Å². The van der Waals surface area contributed by atoms with Crippen molar-refractivity contribution in [3.63, 3.8) is 0 Å². The molecule has 3 heterocycles. The predicted molar refractivity (Wildman–Crippen MR) is 96.4 cm³/mol. The molecule has 124 valence electrons. The van der Waals surface area contributed by atoms with Gasteiger partial charge >= 0.3 is 0 Å². The Kier molecular flexibility index (Phi) is 5.57. The van der Waals surface area contributed by atoms with E-state index in [1.807, 2.05) is 36.8 Å². The van der Waals surface area contributed by atoms with E-state index >= 15 is 0 Å². The Morgan fingerprint density at radius 1 is 1.21 bits per heavy atom. The van der Waals surface area contributed by atoms with Gasteiger partial charge in [0, 0.05) is 50.5 Å². The van der Waals surface area contributed by atoms with Crippen LogP contribution in [0, 0.1) is 0 Å². The molecule has 3 aromatic rings. The molecular formula is C17H19N5OS. The van der Waals surface area contributed by atoms with Crippen molar-refractivity contribution < 1.29 is 4.42 Å². The summed E-state index contributed by atoms with van der Waals surface area (Å²) in [4.78, 5) is 10.3. The van der Waals surface area contributed by atoms with Crippen LogP contribution in [0.2, 0.25) is 0 Å². The Morgan fingerprint density at radius 3 is 2.79 bits per heavy atom. The van der Waals surface area contributed by atoms with E-state index in [-0.39, 0.29) is 0 Å². The molecule has 0 unspecified atom stereocenters. The van der Waals surface area contributed by atoms with Crippen LogP contribution in [0.5, 0.6) is 0 Å². The van der Waals surface area contributed by atoms with Crippen LogP contribution in [0.3, 0.4) is 0 Å². The second kappa shape index (κ2) is 8.26. The first kappa shape index (κ1) is 16.2. The van der Waals surface area contributed by atoms with Gasteiger partial charge in [0.05, 0.1) is 12.6 Å². The average Bonchev–Trinajstić information content (AvgIpc) is 3.29. The summed E-state index contributed by atoms with van der Waals surface area (Å²) in [5.41, 5.74) is 1.16. The predicted octanol–water partition coefficient (Wildman–Crippen LogP) is 3.16. The van der Waals surface area contributed by atoms with Crippen molar-refractivity contribution in [2.75, 3.05) is 11.9 Å². The van der Waals surface area contributed by atoms with Crippen molar-refractivity contribution >= 4 is 23.2 Å². The zero-order chi connectivity index (χ0) is 16.6. The molecule has 0 aromatic carbocycles. The first-order valence-electron chi connectivity index (χ1n) is 7.75. The van der Waals surface area contributed by atoms with Crippen LogP contribution in [0.25, 0.3) is 0 Å². The summed E-state index contributed by atoms with van der Waals surface area (Å²) in [6.45, 7) is 2.45. The van der Waals surface area contributed by atoms with Gasteiger partial charge in [0.2, 0.25) is 0 Å². The Hall–Kier alpha value is -2.67. The number of aryl methyl sites for hydroxylation is 1. The lowest BCUT2D eigenvalue weighted by atomic mass is 10.2. The van der Waals surface area contributed by atoms with E-state index < -0.39 is 0 Å². The summed E-state index contributed by atoms with van der Waals surface area (Å²) in [6.07, 6.45) is 11.7. The summed E-state index contributed by atoms with van der Waals surface area (Å²) >= 11 is 5.56. The van der Waals surface area contributed by atoms with Crippen LogP contribution in [0.15, 0.2) is 66.1 Å². The molecule has 0 spiro atoms. The smallest absolute Gasteiger partial charge is 0.198 e. The van der Waals surface area contributed by atoms with Gasteiger partial charge in [-0.25, -0.2) is 4.98 Å². The number of anilines is 1. The average molecular weight is 341 g/mol. The number of furan rings is 1. The minimum atomic E-state index is 0.646. The highest BCUT2D eigenvalue weighted by Gasteiger charge is 2.11. The largest absolute Gasteiger partial charge is 0.449 e. The van der Waals surface area contributed by atoms with Crippen molar-refractivity contribution in [2.24, 2.45) is 0 Å². The molecule has 0 bridgehead atoms. The number of nitrogens with zero attached hydrogens (tertiary/aromatic N) is 4. The number of hydrogen-bond acceptors (Lipinski definition) is 4. The Bertz CT molecular complexity index is 728. The number of rotatable bonds is 7. The van der Waals surface area contributed by atoms with Crippen LogP contribution < -0.4 is 5.32 Å². The third kappa shape index (κ3) is 4.66. The molecule has 0 radical (unpaired) electrons. The highest BCUT2D eigenvalue weighted by molar-refractivity contribution is 7.80. The van der Waals surface area contributed by atoms with Gasteiger partial charge in [-0.2, -0.15) is 0 Å². The molecule has 24 heavy (non-hydrogen) atoms. The fourth-order valence-electron chi connectivity index (χ4n) is 2.36. The fourth-order valence-corrected chi connectivity index (χ4v) is 2.61. The van der Waals surface area contributed by atoms with Crippen molar-refractivity contribution in [3.05, 3.63) is 67.2 Å². The van der Waals surface area contributed by atoms with E-state index in [1.165, 1.54) is 0 Å². The van der Waals surface area contributed by atoms with Crippen molar-refractivity contribution in [2.45, 2.75) is 19.5 Å². The highest BCUT2D eigenvalue weighted by atomic mass is 32.1. The van der Waals surface area contributed by atoms with Crippen molar-refractivity contribution in [1.29, 1.82) is 0 Å². The zero-order valence-electron chi connectivity index (χ0n) is 13.2. The maximum atomic E-state index is 5.56. The molecule has 0 atom stereocenters. The number of imidazole rings is 1.